The molecule has 5 aliphatic rings. The number of imide groups is 4. The molecule has 0 fully saturated rings. The van der Waals surface area contributed by atoms with Gasteiger partial charge in [0.2, 0.25) is 0 Å². The molecule has 12 rings (SSSR count). The Bertz CT molecular complexity index is 4410. The van der Waals surface area contributed by atoms with Gasteiger partial charge < -0.3 is 9.47 Å². The van der Waals surface area contributed by atoms with Gasteiger partial charge in [-0.3, -0.25) is 43.3 Å². The van der Waals surface area contributed by atoms with Gasteiger partial charge >= 0.3 is 0 Å². The molecule has 0 aromatic heterocycles. The van der Waals surface area contributed by atoms with Gasteiger partial charge in [0.1, 0.15) is 23.0 Å². The van der Waals surface area contributed by atoms with E-state index in [1.807, 2.05) is 90.1 Å². The molecule has 8 amide bonds. The molecule has 0 radical (unpaired) electrons. The van der Waals surface area contributed by atoms with Crippen LogP contribution >= 0.6 is 0 Å². The zero-order valence-electron chi connectivity index (χ0n) is 55.6. The Balaban J connectivity index is 0.697. The molecule has 1 aliphatic carbocycles. The summed E-state index contributed by atoms with van der Waals surface area (Å²) >= 11 is 0. The third-order valence-corrected chi connectivity index (χ3v) is 19.5. The SMILES string of the molecule is CCC1=CC(Cc2cc(CC)c(N3C(=O)c4ccc(Oc5ccc(C(C)(C)c6ccc(Oc7ccc8c(c7)C(=O)N(c7c(CC)cc(Cc9cc(CC)c(N%10C(=O)C=CC%10=O)c(CC)c9)cc7CC)C8=O)cc6)cc5)cc4C3=O)c(CC)c2)=CC(CC)C1N1C(=O)C=CC1=O. The van der Waals surface area contributed by atoms with Crippen LogP contribution in [0.4, 0.5) is 17.1 Å². The maximum Gasteiger partial charge on any atom is 0.266 e. The lowest BCUT2D eigenvalue weighted by Crippen LogP contribution is -2.46. The Morgan fingerprint density at radius 2 is 0.726 bits per heavy atom. The molecule has 95 heavy (non-hydrogen) atoms. The van der Waals surface area contributed by atoms with E-state index in [4.69, 9.17) is 9.47 Å². The van der Waals surface area contributed by atoms with Crippen LogP contribution in [0.25, 0.3) is 0 Å². The average molecular weight is 1270 g/mol. The second-order valence-corrected chi connectivity index (χ2v) is 25.5. The fraction of sp³-hybridized carbons (Fsp3) is 0.284. The molecule has 2 unspecified atom stereocenters. The summed E-state index contributed by atoms with van der Waals surface area (Å²) in [6, 6.07) is 37.8. The summed E-state index contributed by atoms with van der Waals surface area (Å²) in [5.41, 5.74) is 15.3. The highest BCUT2D eigenvalue weighted by atomic mass is 16.5. The van der Waals surface area contributed by atoms with Crippen molar-refractivity contribution in [1.29, 1.82) is 0 Å². The van der Waals surface area contributed by atoms with E-state index in [9.17, 15) is 38.4 Å². The standard InChI is InChI=1S/C81H78N4O10/c1-11-51-37-47(38-52(12-2)73(51)82-69(86)31-32-70(82)87)35-49-41-55(15-5)75(56(16-6)42-49)84-77(90)65-29-27-63(45-67(65)79(84)92)94-61-23-19-59(20-24-61)81(9,10)60-21-25-62(26-22-60)95-64-28-30-66-68(46-64)80(93)85(78(66)91)76-57(17-7)43-50(44-58(76)18-8)36-48-39-53(13-3)74(54(14-4)40-48)83-71(88)33-34-72(83)89/h19-34,37-46,51,73H,11-18,35-36H2,1-10H3. The lowest BCUT2D eigenvalue weighted by molar-refractivity contribution is -0.139. The molecule has 7 aromatic carbocycles. The van der Waals surface area contributed by atoms with Crippen molar-refractivity contribution in [1.82, 2.24) is 4.90 Å². The Kier molecular flexibility index (Phi) is 17.9. The molecule has 4 heterocycles. The molecule has 482 valence electrons. The van der Waals surface area contributed by atoms with Crippen molar-refractivity contribution in [3.8, 4) is 23.0 Å². The first kappa shape index (κ1) is 64.8. The molecule has 2 atom stereocenters. The molecular formula is C81H78N4O10. The number of ether oxygens (including phenoxy) is 2. The number of fused-ring (bicyclic) bond motifs is 2. The van der Waals surface area contributed by atoms with E-state index in [0.717, 1.165) is 78.8 Å². The molecule has 0 bridgehead atoms. The molecule has 14 heteroatoms. The molecule has 0 N–H and O–H groups in total. The number of allylic oxidation sites excluding steroid dienone is 2. The highest BCUT2D eigenvalue weighted by Crippen LogP contribution is 2.43. The van der Waals surface area contributed by atoms with Crippen molar-refractivity contribution in [2.75, 3.05) is 14.7 Å². The predicted octanol–water partition coefficient (Wildman–Crippen LogP) is 15.7. The van der Waals surface area contributed by atoms with Gasteiger partial charge in [-0.1, -0.05) is 142 Å². The number of nitrogens with zero attached hydrogens (tertiary/aromatic N) is 4. The largest absolute Gasteiger partial charge is 0.457 e. The maximum absolute atomic E-state index is 14.5. The van der Waals surface area contributed by atoms with E-state index >= 15 is 0 Å². The van der Waals surface area contributed by atoms with E-state index in [0.29, 0.717) is 109 Å². The van der Waals surface area contributed by atoms with Gasteiger partial charge in [-0.05, 0) is 197 Å². The Morgan fingerprint density at radius 3 is 1.09 bits per heavy atom. The van der Waals surface area contributed by atoms with Crippen LogP contribution in [0.3, 0.4) is 0 Å². The number of hydrogen-bond donors (Lipinski definition) is 0. The molecule has 4 aliphatic heterocycles. The number of carbonyl (C=O) groups is 8. The molecule has 14 nitrogen and oxygen atoms in total. The number of aryl methyl sites for hydroxylation is 6. The van der Waals surface area contributed by atoms with Crippen LogP contribution in [0, 0.1) is 5.92 Å². The quantitative estimate of drug-likeness (QED) is 0.0596. The first-order chi connectivity index (χ1) is 45.7. The van der Waals surface area contributed by atoms with E-state index in [2.05, 4.69) is 76.2 Å². The Morgan fingerprint density at radius 1 is 0.379 bits per heavy atom. The van der Waals surface area contributed by atoms with Gasteiger partial charge in [-0.2, -0.15) is 0 Å². The summed E-state index contributed by atoms with van der Waals surface area (Å²) in [4.78, 5) is 114. The fourth-order valence-corrected chi connectivity index (χ4v) is 14.5. The summed E-state index contributed by atoms with van der Waals surface area (Å²) < 4.78 is 12.7. The Hall–Kier alpha value is -10.3. The van der Waals surface area contributed by atoms with E-state index in [1.165, 1.54) is 43.9 Å². The zero-order chi connectivity index (χ0) is 67.3. The normalized spacial score (nSPS) is 16.9. The van der Waals surface area contributed by atoms with Crippen LogP contribution in [0.5, 0.6) is 23.0 Å². The fourth-order valence-electron chi connectivity index (χ4n) is 14.5. The third kappa shape index (κ3) is 11.8. The number of benzene rings is 7. The van der Waals surface area contributed by atoms with Crippen molar-refractivity contribution in [3.63, 3.8) is 0 Å². The van der Waals surface area contributed by atoms with Crippen LogP contribution < -0.4 is 24.2 Å². The van der Waals surface area contributed by atoms with Gasteiger partial charge in [0, 0.05) is 35.6 Å². The summed E-state index contributed by atoms with van der Waals surface area (Å²) in [6.07, 6.45) is 15.9. The van der Waals surface area contributed by atoms with Gasteiger partial charge in [0.15, 0.2) is 0 Å². The summed E-state index contributed by atoms with van der Waals surface area (Å²) in [6.45, 7) is 20.5. The number of carbonyl (C=O) groups excluding carboxylic acids is 8. The zero-order valence-corrected chi connectivity index (χ0v) is 55.6. The van der Waals surface area contributed by atoms with Gasteiger partial charge in [-0.15, -0.1) is 0 Å². The predicted molar refractivity (Wildman–Crippen MR) is 369 cm³/mol. The molecule has 0 spiro atoms. The number of amides is 8. The van der Waals surface area contributed by atoms with Crippen molar-refractivity contribution >= 4 is 64.3 Å². The molecule has 0 saturated carbocycles. The van der Waals surface area contributed by atoms with Gasteiger partial charge in [-0.25, -0.2) is 14.7 Å². The second kappa shape index (κ2) is 26.2. The minimum absolute atomic E-state index is 0.0271. The smallest absolute Gasteiger partial charge is 0.266 e. The first-order valence-corrected chi connectivity index (χ1v) is 33.3. The second-order valence-electron chi connectivity index (χ2n) is 25.5. The monoisotopic (exact) mass is 1270 g/mol. The van der Waals surface area contributed by atoms with E-state index in [-0.39, 0.29) is 58.5 Å². The summed E-state index contributed by atoms with van der Waals surface area (Å²) in [7, 11) is 0. The van der Waals surface area contributed by atoms with Crippen molar-refractivity contribution in [2.45, 2.75) is 145 Å². The minimum Gasteiger partial charge on any atom is -0.457 e. The highest BCUT2D eigenvalue weighted by Gasteiger charge is 2.42. The minimum atomic E-state index is -0.453. The van der Waals surface area contributed by atoms with E-state index < -0.39 is 17.2 Å². The van der Waals surface area contributed by atoms with Gasteiger partial charge in [0.25, 0.3) is 47.3 Å². The van der Waals surface area contributed by atoms with Gasteiger partial charge in [0.05, 0.1) is 45.4 Å². The van der Waals surface area contributed by atoms with Crippen molar-refractivity contribution in [3.05, 3.63) is 252 Å². The summed E-state index contributed by atoms with van der Waals surface area (Å²) in [5, 5.41) is 0. The topological polar surface area (TPSA) is 168 Å². The number of hydrogen-bond acceptors (Lipinski definition) is 10. The number of anilines is 3. The molecule has 7 aromatic rings. The highest BCUT2D eigenvalue weighted by molar-refractivity contribution is 6.36. The van der Waals surface area contributed by atoms with Crippen LogP contribution in [-0.4, -0.2) is 58.2 Å². The van der Waals surface area contributed by atoms with Crippen LogP contribution in [0.2, 0.25) is 0 Å². The average Bonchev–Trinajstić information content (AvgIpc) is 1.64. The van der Waals surface area contributed by atoms with Crippen LogP contribution in [-0.2, 0) is 76.0 Å². The van der Waals surface area contributed by atoms with Crippen LogP contribution in [0.15, 0.2) is 169 Å². The maximum atomic E-state index is 14.5. The van der Waals surface area contributed by atoms with Crippen molar-refractivity contribution in [2.24, 2.45) is 5.92 Å². The van der Waals surface area contributed by atoms with Crippen LogP contribution in [0.1, 0.15) is 185 Å². The van der Waals surface area contributed by atoms with Crippen molar-refractivity contribution < 1.29 is 47.8 Å². The third-order valence-electron chi connectivity index (χ3n) is 19.5. The first-order valence-electron chi connectivity index (χ1n) is 33.3. The molecule has 0 saturated heterocycles. The lowest BCUT2D eigenvalue weighted by atomic mass is 9.78. The number of rotatable bonds is 22. The lowest BCUT2D eigenvalue weighted by Gasteiger charge is -2.36. The summed E-state index contributed by atoms with van der Waals surface area (Å²) in [5.74, 6) is -0.900. The molecular weight excluding hydrogens is 1190 g/mol. The Labute approximate surface area is 555 Å². The van der Waals surface area contributed by atoms with E-state index in [1.54, 1.807) is 36.4 Å².